The summed E-state index contributed by atoms with van der Waals surface area (Å²) in [5.74, 6) is 0. The zero-order chi connectivity index (χ0) is 14.2. The van der Waals surface area contributed by atoms with E-state index in [-0.39, 0.29) is 10.4 Å². The average Bonchev–Trinajstić information content (AvgIpc) is 2.32. The number of hydrogen-bond acceptors (Lipinski definition) is 2. The number of aromatic nitrogens is 1. The summed E-state index contributed by atoms with van der Waals surface area (Å²) in [5, 5.41) is 0. The molecule has 0 radical (unpaired) electrons. The molecule has 0 aliphatic heterocycles. The quantitative estimate of drug-likeness (QED) is 0.854. The summed E-state index contributed by atoms with van der Waals surface area (Å²) in [7, 11) is 0. The van der Waals surface area contributed by atoms with Crippen LogP contribution in [0.2, 0.25) is 0 Å². The molecule has 0 saturated heterocycles. The van der Waals surface area contributed by atoms with Crippen molar-refractivity contribution in [2.75, 3.05) is 0 Å². The largest absolute Gasteiger partial charge is 0.389 e. The fourth-order valence-electron chi connectivity index (χ4n) is 1.97. The van der Waals surface area contributed by atoms with Crippen molar-refractivity contribution in [1.82, 2.24) is 4.57 Å². The minimum Gasteiger partial charge on any atom is -0.389 e. The number of rotatable bonds is 2. The Bertz CT molecular complexity index is 717. The zero-order valence-corrected chi connectivity index (χ0v) is 12.0. The Kier molecular flexibility index (Phi) is 3.53. The zero-order valence-electron chi connectivity index (χ0n) is 11.2. The van der Waals surface area contributed by atoms with E-state index in [1.165, 1.54) is 11.1 Å². The monoisotopic (exact) mass is 272 g/mol. The van der Waals surface area contributed by atoms with Gasteiger partial charge < -0.3 is 10.3 Å². The molecule has 0 atom stereocenters. The molecule has 0 aliphatic rings. The SMILES string of the molecule is Cc1ccc(-n2cc(C(N)=S)c(=O)cc2C)cc1C. The number of nitrogens with two attached hydrogens (primary N) is 1. The second-order valence-electron chi connectivity index (χ2n) is 4.70. The molecular weight excluding hydrogens is 256 g/mol. The first-order valence-electron chi connectivity index (χ1n) is 6.01. The van der Waals surface area contributed by atoms with Gasteiger partial charge in [-0.25, -0.2) is 0 Å². The Morgan fingerprint density at radius 3 is 2.42 bits per heavy atom. The molecule has 1 aromatic carbocycles. The molecule has 0 bridgehead atoms. The highest BCUT2D eigenvalue weighted by atomic mass is 32.1. The van der Waals surface area contributed by atoms with Crippen LogP contribution in [0.5, 0.6) is 0 Å². The molecule has 0 fully saturated rings. The summed E-state index contributed by atoms with van der Waals surface area (Å²) < 4.78 is 1.93. The second kappa shape index (κ2) is 4.97. The Labute approximate surface area is 117 Å². The van der Waals surface area contributed by atoms with Crippen LogP contribution in [0.15, 0.2) is 35.3 Å². The predicted molar refractivity (Wildman–Crippen MR) is 82.1 cm³/mol. The van der Waals surface area contributed by atoms with E-state index in [0.29, 0.717) is 5.56 Å². The number of nitrogens with zero attached hydrogens (tertiary/aromatic N) is 1. The minimum absolute atomic E-state index is 0.127. The number of thiocarbonyl (C=S) groups is 1. The molecule has 2 rings (SSSR count). The number of pyridine rings is 1. The third kappa shape index (κ3) is 2.58. The smallest absolute Gasteiger partial charge is 0.192 e. The van der Waals surface area contributed by atoms with Gasteiger partial charge in [0.15, 0.2) is 5.43 Å². The topological polar surface area (TPSA) is 48.0 Å². The lowest BCUT2D eigenvalue weighted by atomic mass is 10.1. The van der Waals surface area contributed by atoms with Gasteiger partial charge in [0.2, 0.25) is 0 Å². The van der Waals surface area contributed by atoms with Crippen LogP contribution in [0.25, 0.3) is 5.69 Å². The fraction of sp³-hybridized carbons (Fsp3) is 0.200. The van der Waals surface area contributed by atoms with Crippen molar-refractivity contribution >= 4 is 17.2 Å². The number of hydrogen-bond donors (Lipinski definition) is 1. The van der Waals surface area contributed by atoms with Crippen LogP contribution in [-0.4, -0.2) is 9.56 Å². The molecule has 1 aromatic heterocycles. The molecule has 3 nitrogen and oxygen atoms in total. The maximum absolute atomic E-state index is 11.8. The number of aryl methyl sites for hydroxylation is 3. The van der Waals surface area contributed by atoms with E-state index < -0.39 is 0 Å². The Morgan fingerprint density at radius 1 is 1.16 bits per heavy atom. The first-order chi connectivity index (χ1) is 8.90. The van der Waals surface area contributed by atoms with Gasteiger partial charge >= 0.3 is 0 Å². The van der Waals surface area contributed by atoms with Crippen molar-refractivity contribution in [3.05, 3.63) is 63.1 Å². The van der Waals surface area contributed by atoms with Crippen molar-refractivity contribution in [2.45, 2.75) is 20.8 Å². The second-order valence-corrected chi connectivity index (χ2v) is 5.14. The van der Waals surface area contributed by atoms with Crippen molar-refractivity contribution in [2.24, 2.45) is 5.73 Å². The van der Waals surface area contributed by atoms with Gasteiger partial charge in [0, 0.05) is 23.6 Å². The van der Waals surface area contributed by atoms with Crippen LogP contribution in [0, 0.1) is 20.8 Å². The van der Waals surface area contributed by atoms with E-state index in [2.05, 4.69) is 26.0 Å². The Hall–Kier alpha value is -1.94. The van der Waals surface area contributed by atoms with Gasteiger partial charge in [0.25, 0.3) is 0 Å². The maximum Gasteiger partial charge on any atom is 0.192 e. The fourth-order valence-corrected chi connectivity index (χ4v) is 2.12. The number of benzene rings is 1. The van der Waals surface area contributed by atoms with Crippen molar-refractivity contribution in [3.8, 4) is 5.69 Å². The molecule has 4 heteroatoms. The molecule has 1 heterocycles. The highest BCUT2D eigenvalue weighted by Gasteiger charge is 2.08. The van der Waals surface area contributed by atoms with Crippen LogP contribution < -0.4 is 11.2 Å². The maximum atomic E-state index is 11.8. The van der Waals surface area contributed by atoms with Gasteiger partial charge in [-0.3, -0.25) is 4.79 Å². The molecule has 0 amide bonds. The van der Waals surface area contributed by atoms with Crippen LogP contribution in [-0.2, 0) is 0 Å². The van der Waals surface area contributed by atoms with Crippen LogP contribution in [0.3, 0.4) is 0 Å². The highest BCUT2D eigenvalue weighted by molar-refractivity contribution is 7.80. The Morgan fingerprint density at radius 2 is 1.84 bits per heavy atom. The van der Waals surface area contributed by atoms with E-state index in [0.717, 1.165) is 11.4 Å². The highest BCUT2D eigenvalue weighted by Crippen LogP contribution is 2.15. The van der Waals surface area contributed by atoms with Crippen molar-refractivity contribution < 1.29 is 0 Å². The summed E-state index contributed by atoms with van der Waals surface area (Å²) in [4.78, 5) is 11.9. The van der Waals surface area contributed by atoms with Crippen LogP contribution in [0.4, 0.5) is 0 Å². The third-order valence-electron chi connectivity index (χ3n) is 3.28. The van der Waals surface area contributed by atoms with Gasteiger partial charge in [0.1, 0.15) is 4.99 Å². The lowest BCUT2D eigenvalue weighted by Gasteiger charge is -2.13. The van der Waals surface area contributed by atoms with E-state index in [1.54, 1.807) is 12.3 Å². The lowest BCUT2D eigenvalue weighted by molar-refractivity contribution is 0.966. The Balaban J connectivity index is 2.68. The molecule has 0 unspecified atom stereocenters. The minimum atomic E-state index is -0.134. The molecule has 98 valence electrons. The summed E-state index contributed by atoms with van der Waals surface area (Å²) in [5.41, 5.74) is 10.1. The standard InChI is InChI=1S/C15H16N2OS/c1-9-4-5-12(6-10(9)2)17-8-13(15(16)19)14(18)7-11(17)3/h4-8H,1-3H3,(H2,16,19). The van der Waals surface area contributed by atoms with Gasteiger partial charge in [-0.2, -0.15) is 0 Å². The average molecular weight is 272 g/mol. The molecule has 0 saturated carbocycles. The molecule has 2 aromatic rings. The molecule has 0 aliphatic carbocycles. The molecule has 19 heavy (non-hydrogen) atoms. The van der Waals surface area contributed by atoms with E-state index in [9.17, 15) is 4.79 Å². The van der Waals surface area contributed by atoms with Gasteiger partial charge in [0.05, 0.1) is 5.56 Å². The van der Waals surface area contributed by atoms with Crippen LogP contribution >= 0.6 is 12.2 Å². The third-order valence-corrected chi connectivity index (χ3v) is 3.50. The van der Waals surface area contributed by atoms with E-state index in [1.807, 2.05) is 17.6 Å². The van der Waals surface area contributed by atoms with Crippen molar-refractivity contribution in [1.29, 1.82) is 0 Å². The molecular formula is C15H16N2OS. The summed E-state index contributed by atoms with van der Waals surface area (Å²) in [6.45, 7) is 6.02. The summed E-state index contributed by atoms with van der Waals surface area (Å²) >= 11 is 4.91. The van der Waals surface area contributed by atoms with Gasteiger partial charge in [-0.15, -0.1) is 0 Å². The normalized spacial score (nSPS) is 10.5. The first-order valence-corrected chi connectivity index (χ1v) is 6.41. The van der Waals surface area contributed by atoms with Crippen molar-refractivity contribution in [3.63, 3.8) is 0 Å². The predicted octanol–water partition coefficient (Wildman–Crippen LogP) is 2.40. The van der Waals surface area contributed by atoms with E-state index >= 15 is 0 Å². The lowest BCUT2D eigenvalue weighted by Crippen LogP contribution is -2.22. The van der Waals surface area contributed by atoms with Gasteiger partial charge in [-0.1, -0.05) is 18.3 Å². The molecule has 2 N–H and O–H groups in total. The van der Waals surface area contributed by atoms with E-state index in [4.69, 9.17) is 18.0 Å². The summed E-state index contributed by atoms with van der Waals surface area (Å²) in [6, 6.07) is 7.71. The first kappa shape index (κ1) is 13.5. The molecule has 0 spiro atoms. The van der Waals surface area contributed by atoms with Crippen LogP contribution in [0.1, 0.15) is 22.4 Å². The summed E-state index contributed by atoms with van der Waals surface area (Å²) in [6.07, 6.45) is 1.71. The van der Waals surface area contributed by atoms with Gasteiger partial charge in [-0.05, 0) is 44.0 Å².